The second kappa shape index (κ2) is 5.86. The number of rotatable bonds is 3. The van der Waals surface area contributed by atoms with Gasteiger partial charge in [0.1, 0.15) is 5.75 Å². The number of hydrogen-bond donors (Lipinski definition) is 1. The van der Waals surface area contributed by atoms with Crippen molar-refractivity contribution in [3.8, 4) is 5.75 Å². The maximum atomic E-state index is 5.87. The van der Waals surface area contributed by atoms with Gasteiger partial charge in [0.05, 0.1) is 6.61 Å². The molecule has 0 radical (unpaired) electrons. The average Bonchev–Trinajstić information content (AvgIpc) is 2.11. The first-order valence-corrected chi connectivity index (χ1v) is 5.09. The maximum Gasteiger partial charge on any atom is 0.123 e. The van der Waals surface area contributed by atoms with Crippen LogP contribution in [0.5, 0.6) is 5.75 Å². The number of nitrogen functional groups attached to an aromatic ring is 1. The Morgan fingerprint density at radius 3 is 2.40 bits per heavy atom. The van der Waals surface area contributed by atoms with Crippen molar-refractivity contribution in [2.75, 3.05) is 12.3 Å². The number of benzene rings is 1. The lowest BCUT2D eigenvalue weighted by Gasteiger charge is -2.15. The predicted octanol–water partition coefficient (Wildman–Crippen LogP) is 3.52. The highest BCUT2D eigenvalue weighted by atomic mass is 35.5. The molecule has 0 bridgehead atoms. The molecular formula is C12H20ClNO. The monoisotopic (exact) mass is 229 g/mol. The number of aryl methyl sites for hydroxylation is 1. The van der Waals surface area contributed by atoms with Gasteiger partial charge in [0.25, 0.3) is 0 Å². The van der Waals surface area contributed by atoms with Crippen LogP contribution < -0.4 is 10.5 Å². The summed E-state index contributed by atoms with van der Waals surface area (Å²) in [4.78, 5) is 0. The van der Waals surface area contributed by atoms with Crippen molar-refractivity contribution < 1.29 is 4.74 Å². The van der Waals surface area contributed by atoms with Crippen molar-refractivity contribution in [3.05, 3.63) is 23.3 Å². The van der Waals surface area contributed by atoms with Crippen molar-refractivity contribution >= 4 is 18.1 Å². The second-order valence-electron chi connectivity index (χ2n) is 3.83. The smallest absolute Gasteiger partial charge is 0.123 e. The van der Waals surface area contributed by atoms with Gasteiger partial charge in [-0.15, -0.1) is 12.4 Å². The summed E-state index contributed by atoms with van der Waals surface area (Å²) in [5.41, 5.74) is 8.98. The minimum atomic E-state index is 0. The molecule has 0 aliphatic rings. The molecule has 0 saturated heterocycles. The predicted molar refractivity (Wildman–Crippen MR) is 68.1 cm³/mol. The van der Waals surface area contributed by atoms with Gasteiger partial charge in [-0.05, 0) is 43.0 Å². The van der Waals surface area contributed by atoms with Gasteiger partial charge in [-0.25, -0.2) is 0 Å². The Balaban J connectivity index is 0.00000196. The summed E-state index contributed by atoms with van der Waals surface area (Å²) in [7, 11) is 0. The largest absolute Gasteiger partial charge is 0.494 e. The van der Waals surface area contributed by atoms with Gasteiger partial charge in [-0.2, -0.15) is 0 Å². The Bertz CT molecular complexity index is 324. The zero-order valence-corrected chi connectivity index (χ0v) is 10.6. The van der Waals surface area contributed by atoms with E-state index in [9.17, 15) is 0 Å². The highest BCUT2D eigenvalue weighted by molar-refractivity contribution is 5.85. The molecule has 1 rings (SSSR count). The van der Waals surface area contributed by atoms with Gasteiger partial charge < -0.3 is 10.5 Å². The van der Waals surface area contributed by atoms with Crippen LogP contribution in [0.3, 0.4) is 0 Å². The highest BCUT2D eigenvalue weighted by Gasteiger charge is 2.09. The van der Waals surface area contributed by atoms with Gasteiger partial charge in [-0.3, -0.25) is 0 Å². The van der Waals surface area contributed by atoms with Crippen molar-refractivity contribution in [1.82, 2.24) is 0 Å². The first-order valence-electron chi connectivity index (χ1n) is 5.09. The van der Waals surface area contributed by atoms with E-state index in [0.29, 0.717) is 12.5 Å². The van der Waals surface area contributed by atoms with Gasteiger partial charge >= 0.3 is 0 Å². The average molecular weight is 230 g/mol. The van der Waals surface area contributed by atoms with E-state index in [1.165, 1.54) is 5.56 Å². The molecule has 86 valence electrons. The van der Waals surface area contributed by atoms with Crippen LogP contribution in [0.25, 0.3) is 0 Å². The van der Waals surface area contributed by atoms with Crippen LogP contribution in [0.1, 0.15) is 37.8 Å². The van der Waals surface area contributed by atoms with E-state index in [1.54, 1.807) is 0 Å². The molecular weight excluding hydrogens is 210 g/mol. The standard InChI is InChI=1S/C12H19NO.ClH/c1-5-14-12-6-9(4)11(13)7-10(12)8(2)3;/h6-8H,5,13H2,1-4H3;1H. The number of nitrogens with two attached hydrogens (primary N) is 1. The number of halogens is 1. The third kappa shape index (κ3) is 3.31. The quantitative estimate of drug-likeness (QED) is 0.805. The Morgan fingerprint density at radius 2 is 1.93 bits per heavy atom. The van der Waals surface area contributed by atoms with Crippen LogP contribution in [0.2, 0.25) is 0 Å². The van der Waals surface area contributed by atoms with Gasteiger partial charge in [0.15, 0.2) is 0 Å². The van der Waals surface area contributed by atoms with Crippen LogP contribution in [-0.4, -0.2) is 6.61 Å². The molecule has 0 aromatic heterocycles. The molecule has 0 aliphatic carbocycles. The van der Waals surface area contributed by atoms with Crippen LogP contribution in [-0.2, 0) is 0 Å². The summed E-state index contributed by atoms with van der Waals surface area (Å²) in [6.07, 6.45) is 0. The van der Waals surface area contributed by atoms with E-state index in [-0.39, 0.29) is 12.4 Å². The van der Waals surface area contributed by atoms with Crippen LogP contribution in [0, 0.1) is 6.92 Å². The molecule has 15 heavy (non-hydrogen) atoms. The summed E-state index contributed by atoms with van der Waals surface area (Å²) in [5.74, 6) is 1.41. The zero-order valence-electron chi connectivity index (χ0n) is 9.83. The zero-order chi connectivity index (χ0) is 10.7. The first kappa shape index (κ1) is 14.1. The minimum absolute atomic E-state index is 0. The van der Waals surface area contributed by atoms with E-state index >= 15 is 0 Å². The molecule has 2 nitrogen and oxygen atoms in total. The molecule has 0 spiro atoms. The SMILES string of the molecule is CCOc1cc(C)c(N)cc1C(C)C.Cl. The highest BCUT2D eigenvalue weighted by Crippen LogP contribution is 2.30. The van der Waals surface area contributed by atoms with Crippen molar-refractivity contribution in [2.24, 2.45) is 0 Å². The summed E-state index contributed by atoms with van der Waals surface area (Å²) >= 11 is 0. The van der Waals surface area contributed by atoms with Gasteiger partial charge in [0.2, 0.25) is 0 Å². The molecule has 3 heteroatoms. The van der Waals surface area contributed by atoms with E-state index in [0.717, 1.165) is 17.0 Å². The van der Waals surface area contributed by atoms with Crippen molar-refractivity contribution in [1.29, 1.82) is 0 Å². The van der Waals surface area contributed by atoms with Crippen molar-refractivity contribution in [3.63, 3.8) is 0 Å². The number of hydrogen-bond acceptors (Lipinski definition) is 2. The molecule has 2 N–H and O–H groups in total. The molecule has 0 amide bonds. The minimum Gasteiger partial charge on any atom is -0.494 e. The molecule has 0 heterocycles. The van der Waals surface area contributed by atoms with Crippen LogP contribution in [0.4, 0.5) is 5.69 Å². The summed E-state index contributed by atoms with van der Waals surface area (Å²) < 4.78 is 5.58. The Hall–Kier alpha value is -0.890. The molecule has 0 atom stereocenters. The lowest BCUT2D eigenvalue weighted by Crippen LogP contribution is -2.01. The van der Waals surface area contributed by atoms with Crippen LogP contribution in [0.15, 0.2) is 12.1 Å². The van der Waals surface area contributed by atoms with Crippen LogP contribution >= 0.6 is 12.4 Å². The molecule has 0 saturated carbocycles. The fourth-order valence-corrected chi connectivity index (χ4v) is 1.45. The molecule has 0 fully saturated rings. The Morgan fingerprint density at radius 1 is 1.33 bits per heavy atom. The van der Waals surface area contributed by atoms with E-state index in [1.807, 2.05) is 26.0 Å². The molecule has 0 aliphatic heterocycles. The summed E-state index contributed by atoms with van der Waals surface area (Å²) in [6, 6.07) is 4.04. The van der Waals surface area contributed by atoms with Gasteiger partial charge in [-0.1, -0.05) is 13.8 Å². The third-order valence-corrected chi connectivity index (χ3v) is 2.32. The fraction of sp³-hybridized carbons (Fsp3) is 0.500. The molecule has 1 aromatic carbocycles. The lowest BCUT2D eigenvalue weighted by atomic mass is 9.99. The maximum absolute atomic E-state index is 5.87. The van der Waals surface area contributed by atoms with E-state index in [2.05, 4.69) is 13.8 Å². The summed E-state index contributed by atoms with van der Waals surface area (Å²) in [6.45, 7) is 8.99. The summed E-state index contributed by atoms with van der Waals surface area (Å²) in [5, 5.41) is 0. The first-order chi connectivity index (χ1) is 6.56. The van der Waals surface area contributed by atoms with E-state index < -0.39 is 0 Å². The topological polar surface area (TPSA) is 35.2 Å². The Kier molecular flexibility index (Phi) is 5.51. The third-order valence-electron chi connectivity index (χ3n) is 2.32. The number of ether oxygens (including phenoxy) is 1. The second-order valence-corrected chi connectivity index (χ2v) is 3.83. The number of anilines is 1. The van der Waals surface area contributed by atoms with Crippen molar-refractivity contribution in [2.45, 2.75) is 33.6 Å². The Labute approximate surface area is 98.2 Å². The molecule has 1 aromatic rings. The van der Waals surface area contributed by atoms with Gasteiger partial charge in [0, 0.05) is 5.69 Å². The normalized spacial score (nSPS) is 9.93. The fourth-order valence-electron chi connectivity index (χ4n) is 1.45. The van der Waals surface area contributed by atoms with E-state index in [4.69, 9.17) is 10.5 Å². The lowest BCUT2D eigenvalue weighted by molar-refractivity contribution is 0.335. The molecule has 0 unspecified atom stereocenters.